The Balaban J connectivity index is 1.72. The van der Waals surface area contributed by atoms with Crippen molar-refractivity contribution in [2.24, 2.45) is 0 Å². The van der Waals surface area contributed by atoms with E-state index < -0.39 is 0 Å². The Morgan fingerprint density at radius 2 is 1.70 bits per heavy atom. The molecule has 5 heteroatoms. The lowest BCUT2D eigenvalue weighted by atomic mass is 10.1. The molecule has 3 aromatic rings. The number of ether oxygens (including phenoxy) is 1. The van der Waals surface area contributed by atoms with Crippen molar-refractivity contribution < 1.29 is 13.9 Å². The molecule has 0 aliphatic heterocycles. The van der Waals surface area contributed by atoms with Crippen molar-refractivity contribution >= 4 is 17.5 Å². The number of aryl methyl sites for hydroxylation is 2. The molecule has 0 spiro atoms. The fourth-order valence-electron chi connectivity index (χ4n) is 2.89. The summed E-state index contributed by atoms with van der Waals surface area (Å²) in [6, 6.07) is 17.1. The normalized spacial score (nSPS) is 10.6. The number of carbonyl (C=O) groups excluding carboxylic acids is 1. The van der Waals surface area contributed by atoms with Crippen LogP contribution in [0.4, 0.5) is 0 Å². The minimum absolute atomic E-state index is 0.0278. The van der Waals surface area contributed by atoms with Crippen LogP contribution in [0.2, 0.25) is 5.02 Å². The van der Waals surface area contributed by atoms with Crippen molar-refractivity contribution in [2.75, 3.05) is 6.61 Å². The molecule has 0 aliphatic rings. The lowest BCUT2D eigenvalue weighted by molar-refractivity contribution is -0.134. The summed E-state index contributed by atoms with van der Waals surface area (Å²) in [5.74, 6) is 1.38. The second-order valence-electron chi connectivity index (χ2n) is 6.47. The van der Waals surface area contributed by atoms with Crippen molar-refractivity contribution in [1.29, 1.82) is 0 Å². The fourth-order valence-corrected chi connectivity index (χ4v) is 3.01. The van der Waals surface area contributed by atoms with Crippen LogP contribution in [0.3, 0.4) is 0 Å². The fraction of sp³-hybridized carbons (Fsp3) is 0.227. The number of furan rings is 1. The smallest absolute Gasteiger partial charge is 0.261 e. The van der Waals surface area contributed by atoms with Gasteiger partial charge in [-0.15, -0.1) is 0 Å². The van der Waals surface area contributed by atoms with Crippen LogP contribution in [0.1, 0.15) is 22.5 Å². The van der Waals surface area contributed by atoms with Crippen LogP contribution < -0.4 is 4.74 Å². The maximum Gasteiger partial charge on any atom is 0.261 e. The lowest BCUT2D eigenvalue weighted by Gasteiger charge is -2.22. The van der Waals surface area contributed by atoms with E-state index in [-0.39, 0.29) is 12.5 Å². The number of halogens is 1. The third-order valence-corrected chi connectivity index (χ3v) is 4.57. The first-order chi connectivity index (χ1) is 13.0. The molecule has 1 aromatic heterocycles. The quantitative estimate of drug-likeness (QED) is 0.566. The van der Waals surface area contributed by atoms with Gasteiger partial charge in [-0.3, -0.25) is 4.79 Å². The molecule has 140 valence electrons. The molecule has 0 aliphatic carbocycles. The van der Waals surface area contributed by atoms with Gasteiger partial charge in [0.05, 0.1) is 12.8 Å². The molecular formula is C22H22ClNO3. The molecule has 0 saturated carbocycles. The highest BCUT2D eigenvalue weighted by molar-refractivity contribution is 6.30. The van der Waals surface area contributed by atoms with Gasteiger partial charge in [0.2, 0.25) is 0 Å². The van der Waals surface area contributed by atoms with Gasteiger partial charge in [0.1, 0.15) is 11.5 Å². The SMILES string of the molecule is Cc1cccc(C)c1OCC(=O)N(Cc1ccc(Cl)cc1)Cc1ccco1. The Bertz CT molecular complexity index is 868. The predicted molar refractivity (Wildman–Crippen MR) is 106 cm³/mol. The van der Waals surface area contributed by atoms with E-state index in [2.05, 4.69) is 0 Å². The molecule has 3 rings (SSSR count). The highest BCUT2D eigenvalue weighted by atomic mass is 35.5. The monoisotopic (exact) mass is 383 g/mol. The molecule has 2 aromatic carbocycles. The maximum atomic E-state index is 12.9. The number of para-hydroxylation sites is 1. The third-order valence-electron chi connectivity index (χ3n) is 4.31. The highest BCUT2D eigenvalue weighted by Gasteiger charge is 2.17. The van der Waals surface area contributed by atoms with Crippen molar-refractivity contribution in [2.45, 2.75) is 26.9 Å². The van der Waals surface area contributed by atoms with Crippen molar-refractivity contribution in [3.63, 3.8) is 0 Å². The summed E-state index contributed by atoms with van der Waals surface area (Å²) < 4.78 is 11.3. The highest BCUT2D eigenvalue weighted by Crippen LogP contribution is 2.22. The molecule has 1 heterocycles. The first-order valence-electron chi connectivity index (χ1n) is 8.76. The summed E-state index contributed by atoms with van der Waals surface area (Å²) in [7, 11) is 0. The number of hydrogen-bond acceptors (Lipinski definition) is 3. The van der Waals surface area contributed by atoms with Crippen LogP contribution in [-0.2, 0) is 17.9 Å². The number of hydrogen-bond donors (Lipinski definition) is 0. The van der Waals surface area contributed by atoms with Crippen molar-refractivity contribution in [3.8, 4) is 5.75 Å². The molecular weight excluding hydrogens is 362 g/mol. The second-order valence-corrected chi connectivity index (χ2v) is 6.90. The lowest BCUT2D eigenvalue weighted by Crippen LogP contribution is -2.34. The standard InChI is InChI=1S/C22H22ClNO3/c1-16-5-3-6-17(2)22(16)27-15-21(25)24(14-20-7-4-12-26-20)13-18-8-10-19(23)11-9-18/h3-12H,13-15H2,1-2H3. The largest absolute Gasteiger partial charge is 0.483 e. The average molecular weight is 384 g/mol. The van der Waals surface area contributed by atoms with E-state index in [0.29, 0.717) is 18.1 Å². The predicted octanol–water partition coefficient (Wildman–Crippen LogP) is 5.16. The molecule has 27 heavy (non-hydrogen) atoms. The minimum atomic E-state index is -0.107. The Morgan fingerprint density at radius 1 is 1.00 bits per heavy atom. The van der Waals surface area contributed by atoms with E-state index in [1.807, 2.05) is 68.4 Å². The van der Waals surface area contributed by atoms with Gasteiger partial charge in [-0.1, -0.05) is 41.9 Å². The van der Waals surface area contributed by atoms with Crippen molar-refractivity contribution in [3.05, 3.63) is 88.3 Å². The van der Waals surface area contributed by atoms with Crippen LogP contribution in [0.15, 0.2) is 65.3 Å². The molecule has 0 N–H and O–H groups in total. The molecule has 0 saturated heterocycles. The summed E-state index contributed by atoms with van der Waals surface area (Å²) in [6.45, 7) is 4.75. The summed E-state index contributed by atoms with van der Waals surface area (Å²) in [4.78, 5) is 14.6. The number of amides is 1. The van der Waals surface area contributed by atoms with E-state index in [4.69, 9.17) is 20.8 Å². The van der Waals surface area contributed by atoms with E-state index >= 15 is 0 Å². The molecule has 4 nitrogen and oxygen atoms in total. The number of rotatable bonds is 7. The summed E-state index contributed by atoms with van der Waals surface area (Å²) in [5, 5.41) is 0.668. The minimum Gasteiger partial charge on any atom is -0.483 e. The molecule has 0 radical (unpaired) electrons. The average Bonchev–Trinajstić information content (AvgIpc) is 3.15. The van der Waals surface area contributed by atoms with Crippen LogP contribution >= 0.6 is 11.6 Å². The van der Waals surface area contributed by atoms with Gasteiger partial charge in [-0.2, -0.15) is 0 Å². The van der Waals surface area contributed by atoms with Gasteiger partial charge in [0.25, 0.3) is 5.91 Å². The first-order valence-corrected chi connectivity index (χ1v) is 9.14. The molecule has 0 bridgehead atoms. The zero-order chi connectivity index (χ0) is 19.2. The zero-order valence-electron chi connectivity index (χ0n) is 15.4. The van der Waals surface area contributed by atoms with Gasteiger partial charge < -0.3 is 14.1 Å². The third kappa shape index (κ3) is 5.14. The topological polar surface area (TPSA) is 42.7 Å². The zero-order valence-corrected chi connectivity index (χ0v) is 16.2. The van der Waals surface area contributed by atoms with E-state index in [9.17, 15) is 4.79 Å². The van der Waals surface area contributed by atoms with E-state index in [0.717, 1.165) is 28.2 Å². The van der Waals surface area contributed by atoms with Crippen LogP contribution in [0, 0.1) is 13.8 Å². The molecule has 0 atom stereocenters. The number of nitrogens with zero attached hydrogens (tertiary/aromatic N) is 1. The summed E-state index contributed by atoms with van der Waals surface area (Å²) in [5.41, 5.74) is 3.02. The van der Waals surface area contributed by atoms with Crippen molar-refractivity contribution in [1.82, 2.24) is 4.90 Å². The van der Waals surface area contributed by atoms with Gasteiger partial charge in [-0.25, -0.2) is 0 Å². The first kappa shape index (κ1) is 19.1. The molecule has 1 amide bonds. The second kappa shape index (κ2) is 8.78. The van der Waals surface area contributed by atoms with E-state index in [1.165, 1.54) is 0 Å². The van der Waals surface area contributed by atoms with E-state index in [1.54, 1.807) is 11.2 Å². The Kier molecular flexibility index (Phi) is 6.20. The van der Waals surface area contributed by atoms with Gasteiger partial charge in [0.15, 0.2) is 6.61 Å². The maximum absolute atomic E-state index is 12.9. The van der Waals surface area contributed by atoms with Gasteiger partial charge in [0, 0.05) is 11.6 Å². The Morgan fingerprint density at radius 3 is 2.33 bits per heavy atom. The number of carbonyl (C=O) groups is 1. The summed E-state index contributed by atoms with van der Waals surface area (Å²) in [6.07, 6.45) is 1.60. The van der Waals surface area contributed by atoms with Gasteiger partial charge >= 0.3 is 0 Å². The summed E-state index contributed by atoms with van der Waals surface area (Å²) >= 11 is 5.96. The number of benzene rings is 2. The van der Waals surface area contributed by atoms with Crippen LogP contribution in [-0.4, -0.2) is 17.4 Å². The van der Waals surface area contributed by atoms with Gasteiger partial charge in [-0.05, 0) is 54.8 Å². The molecule has 0 fully saturated rings. The Labute approximate surface area is 164 Å². The van der Waals surface area contributed by atoms with Crippen LogP contribution in [0.5, 0.6) is 5.75 Å². The molecule has 0 unspecified atom stereocenters. The Hall–Kier alpha value is -2.72. The van der Waals surface area contributed by atoms with Crippen LogP contribution in [0.25, 0.3) is 0 Å².